The predicted molar refractivity (Wildman–Crippen MR) is 130 cm³/mol. The van der Waals surface area contributed by atoms with Crippen LogP contribution in [-0.4, -0.2) is 42.1 Å². The molecule has 1 amide bonds. The molecule has 0 bridgehead atoms. The largest absolute Gasteiger partial charge is 0.369 e. The Morgan fingerprint density at radius 1 is 0.875 bits per heavy atom. The van der Waals surface area contributed by atoms with Gasteiger partial charge in [-0.05, 0) is 54.7 Å². The lowest BCUT2D eigenvalue weighted by Gasteiger charge is -2.36. The fraction of sp³-hybridized carbons (Fsp3) is 0.200. The maximum Gasteiger partial charge on any atom is 0.257 e. The second-order valence-corrected chi connectivity index (χ2v) is 8.08. The maximum absolute atomic E-state index is 13.9. The van der Waals surface area contributed by atoms with Crippen LogP contribution in [-0.2, 0) is 6.54 Å². The summed E-state index contributed by atoms with van der Waals surface area (Å²) in [5.41, 5.74) is 3.23. The third-order valence-corrected chi connectivity index (χ3v) is 5.68. The van der Waals surface area contributed by atoms with E-state index in [-0.39, 0.29) is 16.8 Å². The van der Waals surface area contributed by atoms with E-state index in [2.05, 4.69) is 20.4 Å². The minimum Gasteiger partial charge on any atom is -0.369 e. The molecule has 0 radical (unpaired) electrons. The van der Waals surface area contributed by atoms with Gasteiger partial charge in [0.15, 0.2) is 5.11 Å². The number of carbonyl (C=O) groups excluding carboxylic acids is 1. The van der Waals surface area contributed by atoms with Crippen LogP contribution in [0.2, 0.25) is 0 Å². The van der Waals surface area contributed by atoms with Crippen LogP contribution in [0.25, 0.3) is 0 Å². The second-order valence-electron chi connectivity index (χ2n) is 7.68. The summed E-state index contributed by atoms with van der Waals surface area (Å²) in [6.07, 6.45) is 0. The molecule has 0 aliphatic carbocycles. The summed E-state index contributed by atoms with van der Waals surface area (Å²) in [5.74, 6) is -0.385. The molecule has 7 heteroatoms. The Kier molecular flexibility index (Phi) is 7.09. The summed E-state index contributed by atoms with van der Waals surface area (Å²) in [6, 6.07) is 23.9. The third-order valence-electron chi connectivity index (χ3n) is 5.48. The SMILES string of the molecule is O=C(NC(=S)Nc1ccc(N2CCN(Cc3ccccc3F)CC2)cc1)c1ccccc1. The van der Waals surface area contributed by atoms with Crippen molar-refractivity contribution in [3.63, 3.8) is 0 Å². The zero-order valence-electron chi connectivity index (χ0n) is 17.6. The Morgan fingerprint density at radius 2 is 1.53 bits per heavy atom. The molecule has 1 heterocycles. The Balaban J connectivity index is 1.26. The van der Waals surface area contributed by atoms with Gasteiger partial charge < -0.3 is 10.2 Å². The first-order chi connectivity index (χ1) is 15.6. The quantitative estimate of drug-likeness (QED) is 0.571. The standard InChI is InChI=1S/C25H25FN4OS/c26-23-9-5-4-8-20(23)18-29-14-16-30(17-15-29)22-12-10-21(11-13-22)27-25(32)28-24(31)19-6-2-1-3-7-19/h1-13H,14-18H2,(H2,27,28,31,32). The highest BCUT2D eigenvalue weighted by atomic mass is 32.1. The first kappa shape index (κ1) is 21.9. The third kappa shape index (κ3) is 5.69. The highest BCUT2D eigenvalue weighted by Crippen LogP contribution is 2.20. The number of carbonyl (C=O) groups is 1. The van der Waals surface area contributed by atoms with E-state index in [0.29, 0.717) is 12.1 Å². The lowest BCUT2D eigenvalue weighted by Crippen LogP contribution is -2.46. The fourth-order valence-electron chi connectivity index (χ4n) is 3.71. The van der Waals surface area contributed by atoms with E-state index in [9.17, 15) is 9.18 Å². The van der Waals surface area contributed by atoms with Gasteiger partial charge in [0.1, 0.15) is 5.82 Å². The van der Waals surface area contributed by atoms with E-state index < -0.39 is 0 Å². The Hall–Kier alpha value is -3.29. The molecule has 0 atom stereocenters. The fourth-order valence-corrected chi connectivity index (χ4v) is 3.92. The normalized spacial score (nSPS) is 14.1. The van der Waals surface area contributed by atoms with Crippen LogP contribution in [0.1, 0.15) is 15.9 Å². The van der Waals surface area contributed by atoms with Crippen molar-refractivity contribution < 1.29 is 9.18 Å². The maximum atomic E-state index is 13.9. The number of nitrogens with zero attached hydrogens (tertiary/aromatic N) is 2. The molecule has 0 aromatic heterocycles. The van der Waals surface area contributed by atoms with E-state index in [4.69, 9.17) is 12.2 Å². The molecule has 2 N–H and O–H groups in total. The van der Waals surface area contributed by atoms with Crippen molar-refractivity contribution in [1.82, 2.24) is 10.2 Å². The molecule has 3 aromatic rings. The molecule has 5 nitrogen and oxygen atoms in total. The lowest BCUT2D eigenvalue weighted by atomic mass is 10.1. The van der Waals surface area contributed by atoms with Gasteiger partial charge in [0.05, 0.1) is 0 Å². The highest BCUT2D eigenvalue weighted by Gasteiger charge is 2.18. The van der Waals surface area contributed by atoms with Crippen LogP contribution in [0, 0.1) is 5.82 Å². The Morgan fingerprint density at radius 3 is 2.22 bits per heavy atom. The first-order valence-electron chi connectivity index (χ1n) is 10.6. The number of rotatable bonds is 5. The average Bonchev–Trinajstić information content (AvgIpc) is 2.82. The Bertz CT molecular complexity index is 1070. The van der Waals surface area contributed by atoms with Gasteiger partial charge >= 0.3 is 0 Å². The zero-order chi connectivity index (χ0) is 22.3. The number of benzene rings is 3. The van der Waals surface area contributed by atoms with Gasteiger partial charge in [0.25, 0.3) is 5.91 Å². The van der Waals surface area contributed by atoms with Gasteiger partial charge in [-0.3, -0.25) is 15.0 Å². The number of nitrogens with one attached hydrogen (secondary N) is 2. The molecular weight excluding hydrogens is 423 g/mol. The van der Waals surface area contributed by atoms with Crippen molar-refractivity contribution in [2.75, 3.05) is 36.4 Å². The molecule has 3 aromatic carbocycles. The smallest absolute Gasteiger partial charge is 0.257 e. The summed E-state index contributed by atoms with van der Waals surface area (Å²) in [5, 5.41) is 6.00. The molecule has 4 rings (SSSR count). The molecule has 0 saturated carbocycles. The summed E-state index contributed by atoms with van der Waals surface area (Å²) >= 11 is 5.26. The first-order valence-corrected chi connectivity index (χ1v) is 11.0. The topological polar surface area (TPSA) is 47.6 Å². The van der Waals surface area contributed by atoms with Crippen molar-refractivity contribution in [2.45, 2.75) is 6.54 Å². The van der Waals surface area contributed by atoms with Gasteiger partial charge in [-0.2, -0.15) is 0 Å². The predicted octanol–water partition coefficient (Wildman–Crippen LogP) is 4.27. The molecule has 164 valence electrons. The number of anilines is 2. The lowest BCUT2D eigenvalue weighted by molar-refractivity contribution is 0.0977. The Labute approximate surface area is 192 Å². The van der Waals surface area contributed by atoms with Crippen LogP contribution in [0.3, 0.4) is 0 Å². The molecule has 1 aliphatic heterocycles. The molecular formula is C25H25FN4OS. The summed E-state index contributed by atoms with van der Waals surface area (Å²) < 4.78 is 13.9. The summed E-state index contributed by atoms with van der Waals surface area (Å²) in [4.78, 5) is 16.8. The number of thiocarbonyl (C=S) groups is 1. The van der Waals surface area contributed by atoms with Crippen LogP contribution >= 0.6 is 12.2 Å². The van der Waals surface area contributed by atoms with Gasteiger partial charge in [0.2, 0.25) is 0 Å². The van der Waals surface area contributed by atoms with Crippen LogP contribution < -0.4 is 15.5 Å². The van der Waals surface area contributed by atoms with Gasteiger partial charge in [0, 0.05) is 55.2 Å². The van der Waals surface area contributed by atoms with E-state index >= 15 is 0 Å². The van der Waals surface area contributed by atoms with Crippen LogP contribution in [0.5, 0.6) is 0 Å². The zero-order valence-corrected chi connectivity index (χ0v) is 18.4. The molecule has 1 aliphatic rings. The molecule has 1 fully saturated rings. The van der Waals surface area contributed by atoms with Gasteiger partial charge in [-0.25, -0.2) is 4.39 Å². The molecule has 32 heavy (non-hydrogen) atoms. The minimum absolute atomic E-state index is 0.143. The van der Waals surface area contributed by atoms with Gasteiger partial charge in [-0.1, -0.05) is 36.4 Å². The molecule has 0 spiro atoms. The van der Waals surface area contributed by atoms with Crippen LogP contribution in [0.4, 0.5) is 15.8 Å². The second kappa shape index (κ2) is 10.3. The number of hydrogen-bond donors (Lipinski definition) is 2. The van der Waals surface area contributed by atoms with E-state index in [0.717, 1.165) is 43.1 Å². The number of hydrogen-bond acceptors (Lipinski definition) is 4. The van der Waals surface area contributed by atoms with E-state index in [1.807, 2.05) is 54.6 Å². The average molecular weight is 449 g/mol. The molecule has 1 saturated heterocycles. The van der Waals surface area contributed by atoms with Crippen molar-refractivity contribution in [2.24, 2.45) is 0 Å². The van der Waals surface area contributed by atoms with Crippen molar-refractivity contribution in [3.8, 4) is 0 Å². The summed E-state index contributed by atoms with van der Waals surface area (Å²) in [7, 11) is 0. The minimum atomic E-state index is -0.243. The van der Waals surface area contributed by atoms with E-state index in [1.54, 1.807) is 18.2 Å². The molecule has 0 unspecified atom stereocenters. The number of piperazine rings is 1. The van der Waals surface area contributed by atoms with Gasteiger partial charge in [-0.15, -0.1) is 0 Å². The number of halogens is 1. The highest BCUT2D eigenvalue weighted by molar-refractivity contribution is 7.80. The number of amides is 1. The van der Waals surface area contributed by atoms with Crippen LogP contribution in [0.15, 0.2) is 78.9 Å². The van der Waals surface area contributed by atoms with Crippen molar-refractivity contribution >= 4 is 34.6 Å². The van der Waals surface area contributed by atoms with E-state index in [1.165, 1.54) is 6.07 Å². The summed E-state index contributed by atoms with van der Waals surface area (Å²) in [6.45, 7) is 4.16. The monoisotopic (exact) mass is 448 g/mol. The van der Waals surface area contributed by atoms with Crippen molar-refractivity contribution in [3.05, 3.63) is 95.8 Å². The van der Waals surface area contributed by atoms with Crippen molar-refractivity contribution in [1.29, 1.82) is 0 Å².